The molecule has 0 spiro atoms. The molecule has 0 aliphatic carbocycles. The summed E-state index contributed by atoms with van der Waals surface area (Å²) in [7, 11) is 0. The van der Waals surface area contributed by atoms with E-state index in [4.69, 9.17) is 4.74 Å². The van der Waals surface area contributed by atoms with Crippen LogP contribution in [0.5, 0.6) is 0 Å². The Balaban J connectivity index is 1.85. The third-order valence-electron chi connectivity index (χ3n) is 3.56. The topological polar surface area (TPSA) is 29.5 Å². The third kappa shape index (κ3) is 3.98. The second-order valence-electron chi connectivity index (χ2n) is 5.66. The van der Waals surface area contributed by atoms with E-state index in [0.29, 0.717) is 18.6 Å². The van der Waals surface area contributed by atoms with Crippen LogP contribution in [0.25, 0.3) is 0 Å². The Morgan fingerprint density at radius 1 is 1.37 bits per heavy atom. The van der Waals surface area contributed by atoms with Crippen molar-refractivity contribution in [3.8, 4) is 0 Å². The van der Waals surface area contributed by atoms with Gasteiger partial charge in [-0.15, -0.1) is 0 Å². The molecule has 1 aliphatic heterocycles. The second-order valence-corrected chi connectivity index (χ2v) is 5.66. The molecule has 3 heteroatoms. The summed E-state index contributed by atoms with van der Waals surface area (Å²) in [6, 6.07) is 10.2. The maximum atomic E-state index is 12.1. The van der Waals surface area contributed by atoms with Crippen LogP contribution in [0, 0.1) is 5.92 Å². The van der Waals surface area contributed by atoms with E-state index in [9.17, 15) is 4.79 Å². The molecule has 104 valence electrons. The maximum absolute atomic E-state index is 12.1. The summed E-state index contributed by atoms with van der Waals surface area (Å²) in [5, 5.41) is 0. The molecule has 1 fully saturated rings. The van der Waals surface area contributed by atoms with Gasteiger partial charge in [0.15, 0.2) is 0 Å². The molecule has 0 saturated carbocycles. The molecule has 1 aromatic rings. The molecule has 1 saturated heterocycles. The number of amides is 1. The highest BCUT2D eigenvalue weighted by Gasteiger charge is 2.30. The molecule has 1 amide bonds. The first-order valence-corrected chi connectivity index (χ1v) is 7.14. The van der Waals surface area contributed by atoms with Crippen molar-refractivity contribution in [1.82, 2.24) is 4.90 Å². The lowest BCUT2D eigenvalue weighted by Gasteiger charge is -2.25. The highest BCUT2D eigenvalue weighted by molar-refractivity contribution is 5.68. The number of carbonyl (C=O) groups is 1. The Labute approximate surface area is 115 Å². The van der Waals surface area contributed by atoms with Gasteiger partial charge in [0.2, 0.25) is 0 Å². The predicted molar refractivity (Wildman–Crippen MR) is 75.8 cm³/mol. The van der Waals surface area contributed by atoms with E-state index in [1.54, 1.807) is 0 Å². The van der Waals surface area contributed by atoms with Crippen LogP contribution in [0.4, 0.5) is 4.79 Å². The van der Waals surface area contributed by atoms with Gasteiger partial charge in [0.25, 0.3) is 0 Å². The first kappa shape index (κ1) is 13.9. The van der Waals surface area contributed by atoms with Crippen LogP contribution in [0.2, 0.25) is 0 Å². The molecule has 1 atom stereocenters. The lowest BCUT2D eigenvalue weighted by Crippen LogP contribution is -2.36. The van der Waals surface area contributed by atoms with Gasteiger partial charge >= 0.3 is 6.09 Å². The van der Waals surface area contributed by atoms with E-state index < -0.39 is 0 Å². The van der Waals surface area contributed by atoms with E-state index in [2.05, 4.69) is 13.8 Å². The first-order chi connectivity index (χ1) is 9.16. The van der Waals surface area contributed by atoms with Gasteiger partial charge in [-0.3, -0.25) is 0 Å². The van der Waals surface area contributed by atoms with Crippen LogP contribution < -0.4 is 0 Å². The maximum Gasteiger partial charge on any atom is 0.410 e. The summed E-state index contributed by atoms with van der Waals surface area (Å²) in [6.07, 6.45) is 3.11. The van der Waals surface area contributed by atoms with Crippen LogP contribution in [0.3, 0.4) is 0 Å². The van der Waals surface area contributed by atoms with Crippen LogP contribution >= 0.6 is 0 Å². The van der Waals surface area contributed by atoms with Gasteiger partial charge in [-0.25, -0.2) is 4.79 Å². The summed E-state index contributed by atoms with van der Waals surface area (Å²) < 4.78 is 5.41. The quantitative estimate of drug-likeness (QED) is 0.824. The van der Waals surface area contributed by atoms with E-state index in [-0.39, 0.29) is 6.09 Å². The fraction of sp³-hybridized carbons (Fsp3) is 0.562. The van der Waals surface area contributed by atoms with Gasteiger partial charge in [0.05, 0.1) is 0 Å². The highest BCUT2D eigenvalue weighted by Crippen LogP contribution is 2.24. The molecule has 0 N–H and O–H groups in total. The number of likely N-dealkylation sites (tertiary alicyclic amines) is 1. The summed E-state index contributed by atoms with van der Waals surface area (Å²) >= 11 is 0. The van der Waals surface area contributed by atoms with E-state index in [1.807, 2.05) is 35.2 Å². The zero-order valence-corrected chi connectivity index (χ0v) is 11.8. The molecule has 19 heavy (non-hydrogen) atoms. The zero-order chi connectivity index (χ0) is 13.7. The van der Waals surface area contributed by atoms with Crippen LogP contribution in [-0.4, -0.2) is 23.6 Å². The molecule has 0 radical (unpaired) electrons. The van der Waals surface area contributed by atoms with Crippen molar-refractivity contribution < 1.29 is 9.53 Å². The average molecular weight is 261 g/mol. The Bertz CT molecular complexity index is 402. The van der Waals surface area contributed by atoms with Gasteiger partial charge in [-0.1, -0.05) is 44.2 Å². The minimum absolute atomic E-state index is 0.160. The molecular weight excluding hydrogens is 238 g/mol. The summed E-state index contributed by atoms with van der Waals surface area (Å²) in [5.74, 6) is 0.618. The SMILES string of the molecule is CC(C)CC1CCCN1C(=O)OCc1ccccc1. The molecule has 1 aliphatic rings. The normalized spacial score (nSPS) is 18.9. The lowest BCUT2D eigenvalue weighted by atomic mass is 10.0. The van der Waals surface area contributed by atoms with Crippen molar-refractivity contribution in [2.75, 3.05) is 6.54 Å². The Hall–Kier alpha value is -1.51. The Morgan fingerprint density at radius 2 is 2.11 bits per heavy atom. The van der Waals surface area contributed by atoms with Crippen LogP contribution in [0.15, 0.2) is 30.3 Å². The molecule has 0 bridgehead atoms. The Kier molecular flexibility index (Phi) is 4.83. The molecule has 0 aromatic heterocycles. The minimum atomic E-state index is -0.160. The molecular formula is C16H23NO2. The lowest BCUT2D eigenvalue weighted by molar-refractivity contribution is 0.0889. The largest absolute Gasteiger partial charge is 0.445 e. The summed E-state index contributed by atoms with van der Waals surface area (Å²) in [6.45, 7) is 5.60. The number of carbonyl (C=O) groups excluding carboxylic acids is 1. The van der Waals surface area contributed by atoms with Crippen molar-refractivity contribution in [2.45, 2.75) is 45.8 Å². The van der Waals surface area contributed by atoms with Gasteiger partial charge in [0, 0.05) is 12.6 Å². The van der Waals surface area contributed by atoms with E-state index in [0.717, 1.165) is 31.4 Å². The van der Waals surface area contributed by atoms with Gasteiger partial charge < -0.3 is 9.64 Å². The predicted octanol–water partition coefficient (Wildman–Crippen LogP) is 3.83. The smallest absolute Gasteiger partial charge is 0.410 e. The van der Waals surface area contributed by atoms with Crippen molar-refractivity contribution in [3.63, 3.8) is 0 Å². The molecule has 1 heterocycles. The molecule has 3 nitrogen and oxygen atoms in total. The fourth-order valence-corrected chi connectivity index (χ4v) is 2.67. The standard InChI is InChI=1S/C16H23NO2/c1-13(2)11-15-9-6-10-17(15)16(18)19-12-14-7-4-3-5-8-14/h3-5,7-8,13,15H,6,9-12H2,1-2H3. The van der Waals surface area contributed by atoms with Crippen molar-refractivity contribution in [3.05, 3.63) is 35.9 Å². The van der Waals surface area contributed by atoms with Crippen molar-refractivity contribution >= 4 is 6.09 Å². The number of nitrogens with zero attached hydrogens (tertiary/aromatic N) is 1. The molecule has 1 aromatic carbocycles. The van der Waals surface area contributed by atoms with Crippen LogP contribution in [0.1, 0.15) is 38.7 Å². The van der Waals surface area contributed by atoms with Crippen molar-refractivity contribution in [1.29, 1.82) is 0 Å². The van der Waals surface area contributed by atoms with Gasteiger partial charge in [-0.2, -0.15) is 0 Å². The summed E-state index contributed by atoms with van der Waals surface area (Å²) in [4.78, 5) is 14.0. The number of rotatable bonds is 4. The molecule has 2 rings (SSSR count). The molecule has 1 unspecified atom stereocenters. The Morgan fingerprint density at radius 3 is 2.79 bits per heavy atom. The third-order valence-corrected chi connectivity index (χ3v) is 3.56. The monoisotopic (exact) mass is 261 g/mol. The minimum Gasteiger partial charge on any atom is -0.445 e. The first-order valence-electron chi connectivity index (χ1n) is 7.14. The second kappa shape index (κ2) is 6.60. The van der Waals surface area contributed by atoms with Gasteiger partial charge in [0.1, 0.15) is 6.61 Å². The zero-order valence-electron chi connectivity index (χ0n) is 11.8. The number of ether oxygens (including phenoxy) is 1. The number of hydrogen-bond acceptors (Lipinski definition) is 2. The average Bonchev–Trinajstić information content (AvgIpc) is 2.84. The highest BCUT2D eigenvalue weighted by atomic mass is 16.6. The van der Waals surface area contributed by atoms with Crippen molar-refractivity contribution in [2.24, 2.45) is 5.92 Å². The summed E-state index contributed by atoms with van der Waals surface area (Å²) in [5.41, 5.74) is 1.04. The number of benzene rings is 1. The van der Waals surface area contributed by atoms with Gasteiger partial charge in [-0.05, 0) is 30.7 Å². The fourth-order valence-electron chi connectivity index (χ4n) is 2.67. The van der Waals surface area contributed by atoms with Crippen LogP contribution in [-0.2, 0) is 11.3 Å². The number of hydrogen-bond donors (Lipinski definition) is 0. The van der Waals surface area contributed by atoms with E-state index in [1.165, 1.54) is 0 Å². The van der Waals surface area contributed by atoms with E-state index >= 15 is 0 Å².